The number of hydrogen-bond acceptors (Lipinski definition) is 4. The van der Waals surface area contributed by atoms with Crippen LogP contribution in [0, 0.1) is 17.7 Å². The lowest BCUT2D eigenvalue weighted by Gasteiger charge is -2.33. The van der Waals surface area contributed by atoms with E-state index in [4.69, 9.17) is 0 Å². The number of imide groups is 1. The first-order valence-corrected chi connectivity index (χ1v) is 13.7. The van der Waals surface area contributed by atoms with Gasteiger partial charge in [-0.2, -0.15) is 0 Å². The molecule has 1 saturated heterocycles. The van der Waals surface area contributed by atoms with Gasteiger partial charge in [0.2, 0.25) is 11.8 Å². The highest BCUT2D eigenvalue weighted by Crippen LogP contribution is 2.34. The van der Waals surface area contributed by atoms with Gasteiger partial charge in [0, 0.05) is 23.6 Å². The second-order valence-electron chi connectivity index (χ2n) is 11.1. The van der Waals surface area contributed by atoms with Crippen molar-refractivity contribution >= 4 is 17.7 Å². The van der Waals surface area contributed by atoms with E-state index in [-0.39, 0.29) is 37.0 Å². The highest BCUT2D eigenvalue weighted by molar-refractivity contribution is 6.05. The fourth-order valence-electron chi connectivity index (χ4n) is 6.76. The van der Waals surface area contributed by atoms with Gasteiger partial charge < -0.3 is 10.2 Å². The summed E-state index contributed by atoms with van der Waals surface area (Å²) in [4.78, 5) is 38.2. The highest BCUT2D eigenvalue weighted by Gasteiger charge is 2.40. The Kier molecular flexibility index (Phi) is 7.51. The molecular formula is C28H38FN3O3. The molecule has 3 amide bonds. The van der Waals surface area contributed by atoms with Crippen molar-refractivity contribution in [3.8, 4) is 0 Å². The number of nitrogens with one attached hydrogen (secondary N) is 2. The van der Waals surface area contributed by atoms with Crippen LogP contribution in [0.2, 0.25) is 0 Å². The van der Waals surface area contributed by atoms with Gasteiger partial charge in [-0.05, 0) is 62.1 Å². The molecule has 0 bridgehead atoms. The molecule has 2 aliphatic carbocycles. The van der Waals surface area contributed by atoms with Gasteiger partial charge >= 0.3 is 0 Å². The van der Waals surface area contributed by atoms with E-state index >= 15 is 4.39 Å². The summed E-state index contributed by atoms with van der Waals surface area (Å²) >= 11 is 0. The standard InChI is InChI=1S/C28H38FN3O3/c29-26-20(16-19-8-4-5-9-23(19)30-15-14-18-6-2-1-3-7-18)10-11-21-22(26)17-32(28(21)35)24-12-13-25(33)31-27(24)34/h10-11,18-19,23-24,30H,1-9,12-17H2,(H,31,33,34)/t19-,23+,24?/m1/s1. The molecule has 1 aromatic rings. The summed E-state index contributed by atoms with van der Waals surface area (Å²) in [7, 11) is 0. The fourth-order valence-corrected chi connectivity index (χ4v) is 6.76. The minimum Gasteiger partial charge on any atom is -0.322 e. The van der Waals surface area contributed by atoms with Crippen LogP contribution in [0.5, 0.6) is 0 Å². The molecule has 2 saturated carbocycles. The maximum absolute atomic E-state index is 15.7. The van der Waals surface area contributed by atoms with Crippen LogP contribution in [0.4, 0.5) is 4.39 Å². The number of fused-ring (bicyclic) bond motifs is 1. The summed E-state index contributed by atoms with van der Waals surface area (Å²) in [5.41, 5.74) is 1.42. The first-order valence-electron chi connectivity index (χ1n) is 13.7. The van der Waals surface area contributed by atoms with Crippen LogP contribution in [0.25, 0.3) is 0 Å². The molecule has 5 rings (SSSR count). The van der Waals surface area contributed by atoms with Gasteiger partial charge in [0.15, 0.2) is 0 Å². The first-order chi connectivity index (χ1) is 17.0. The van der Waals surface area contributed by atoms with Gasteiger partial charge in [-0.3, -0.25) is 19.7 Å². The van der Waals surface area contributed by atoms with E-state index in [1.54, 1.807) is 12.1 Å². The predicted octanol–water partition coefficient (Wildman–Crippen LogP) is 4.25. The minimum atomic E-state index is -0.716. The van der Waals surface area contributed by atoms with E-state index in [9.17, 15) is 14.4 Å². The molecule has 2 aliphatic heterocycles. The van der Waals surface area contributed by atoms with Gasteiger partial charge in [0.1, 0.15) is 11.9 Å². The molecule has 7 heteroatoms. The van der Waals surface area contributed by atoms with Crippen molar-refractivity contribution in [2.75, 3.05) is 6.54 Å². The summed E-state index contributed by atoms with van der Waals surface area (Å²) in [6.07, 6.45) is 13.9. The summed E-state index contributed by atoms with van der Waals surface area (Å²) in [6.45, 7) is 1.14. The van der Waals surface area contributed by atoms with Crippen molar-refractivity contribution in [3.63, 3.8) is 0 Å². The molecule has 2 N–H and O–H groups in total. The number of halogens is 1. The third-order valence-corrected chi connectivity index (χ3v) is 8.80. The first kappa shape index (κ1) is 24.4. The molecule has 1 aromatic carbocycles. The van der Waals surface area contributed by atoms with E-state index in [0.29, 0.717) is 35.1 Å². The Labute approximate surface area is 207 Å². The lowest BCUT2D eigenvalue weighted by Crippen LogP contribution is -2.52. The molecule has 0 aromatic heterocycles. The maximum atomic E-state index is 15.7. The Bertz CT molecular complexity index is 974. The largest absolute Gasteiger partial charge is 0.322 e. The Morgan fingerprint density at radius 2 is 1.74 bits per heavy atom. The lowest BCUT2D eigenvalue weighted by atomic mass is 9.80. The lowest BCUT2D eigenvalue weighted by molar-refractivity contribution is -0.136. The molecule has 1 unspecified atom stereocenters. The Morgan fingerprint density at radius 3 is 2.54 bits per heavy atom. The zero-order valence-electron chi connectivity index (χ0n) is 20.6. The van der Waals surface area contributed by atoms with Crippen LogP contribution in [0.15, 0.2) is 12.1 Å². The smallest absolute Gasteiger partial charge is 0.255 e. The molecule has 0 radical (unpaired) electrons. The summed E-state index contributed by atoms with van der Waals surface area (Å²) in [5, 5.41) is 6.12. The number of nitrogens with zero attached hydrogens (tertiary/aromatic N) is 1. The summed E-state index contributed by atoms with van der Waals surface area (Å²) in [6, 6.07) is 3.21. The zero-order chi connectivity index (χ0) is 24.4. The van der Waals surface area contributed by atoms with E-state index in [1.165, 1.54) is 56.3 Å². The molecule has 35 heavy (non-hydrogen) atoms. The molecule has 4 aliphatic rings. The van der Waals surface area contributed by atoms with Gasteiger partial charge in [-0.1, -0.05) is 51.0 Å². The highest BCUT2D eigenvalue weighted by atomic mass is 19.1. The molecule has 2 heterocycles. The SMILES string of the molecule is O=C1CCC(N2Cc3c(ccc(C[C@H]4CCCC[C@@H]4NCCC4CCCCC4)c3F)C2=O)C(=O)N1. The Balaban J connectivity index is 1.23. The van der Waals surface area contributed by atoms with Crippen molar-refractivity contribution in [2.24, 2.45) is 11.8 Å². The van der Waals surface area contributed by atoms with Crippen molar-refractivity contribution in [1.29, 1.82) is 0 Å². The van der Waals surface area contributed by atoms with E-state index in [0.717, 1.165) is 25.3 Å². The number of carbonyl (C=O) groups excluding carboxylic acids is 3. The van der Waals surface area contributed by atoms with Crippen LogP contribution in [0.1, 0.15) is 98.5 Å². The average Bonchev–Trinajstić information content (AvgIpc) is 3.19. The van der Waals surface area contributed by atoms with E-state index < -0.39 is 11.9 Å². The quantitative estimate of drug-likeness (QED) is 0.569. The van der Waals surface area contributed by atoms with Crippen LogP contribution in [-0.2, 0) is 22.6 Å². The number of rotatable bonds is 7. The van der Waals surface area contributed by atoms with Gasteiger partial charge in [-0.15, -0.1) is 0 Å². The monoisotopic (exact) mass is 483 g/mol. The maximum Gasteiger partial charge on any atom is 0.255 e. The van der Waals surface area contributed by atoms with Crippen molar-refractivity contribution in [1.82, 2.24) is 15.5 Å². The average molecular weight is 484 g/mol. The van der Waals surface area contributed by atoms with Crippen molar-refractivity contribution in [3.05, 3.63) is 34.6 Å². The normalized spacial score (nSPS) is 27.7. The molecule has 190 valence electrons. The molecule has 3 atom stereocenters. The topological polar surface area (TPSA) is 78.5 Å². The third-order valence-electron chi connectivity index (χ3n) is 8.80. The van der Waals surface area contributed by atoms with Crippen LogP contribution >= 0.6 is 0 Å². The number of benzene rings is 1. The predicted molar refractivity (Wildman–Crippen MR) is 131 cm³/mol. The number of piperidine rings is 1. The van der Waals surface area contributed by atoms with Gasteiger partial charge in [0.05, 0.1) is 6.54 Å². The Morgan fingerprint density at radius 1 is 0.971 bits per heavy atom. The second kappa shape index (κ2) is 10.8. The number of carbonyl (C=O) groups is 3. The fraction of sp³-hybridized carbons (Fsp3) is 0.679. The van der Waals surface area contributed by atoms with E-state index in [1.807, 2.05) is 0 Å². The molecular weight excluding hydrogens is 445 g/mol. The van der Waals surface area contributed by atoms with Crippen molar-refractivity contribution in [2.45, 2.75) is 102 Å². The summed E-state index contributed by atoms with van der Waals surface area (Å²) < 4.78 is 15.7. The zero-order valence-corrected chi connectivity index (χ0v) is 20.6. The van der Waals surface area contributed by atoms with Gasteiger partial charge in [-0.25, -0.2) is 4.39 Å². The molecule has 3 fully saturated rings. The van der Waals surface area contributed by atoms with Crippen LogP contribution in [-0.4, -0.2) is 41.2 Å². The van der Waals surface area contributed by atoms with Crippen LogP contribution in [0.3, 0.4) is 0 Å². The molecule has 0 spiro atoms. The summed E-state index contributed by atoms with van der Waals surface area (Å²) in [5.74, 6) is -0.147. The van der Waals surface area contributed by atoms with Crippen molar-refractivity contribution < 1.29 is 18.8 Å². The minimum absolute atomic E-state index is 0.0911. The van der Waals surface area contributed by atoms with Crippen LogP contribution < -0.4 is 10.6 Å². The third kappa shape index (κ3) is 5.30. The number of hydrogen-bond donors (Lipinski definition) is 2. The Hall–Kier alpha value is -2.28. The molecule has 6 nitrogen and oxygen atoms in total. The number of amides is 3. The van der Waals surface area contributed by atoms with Gasteiger partial charge in [0.25, 0.3) is 5.91 Å². The van der Waals surface area contributed by atoms with E-state index in [2.05, 4.69) is 10.6 Å². The second-order valence-corrected chi connectivity index (χ2v) is 11.1.